The number of rotatable bonds is 7. The second-order valence-corrected chi connectivity index (χ2v) is 9.72. The number of morpholine rings is 1. The summed E-state index contributed by atoms with van der Waals surface area (Å²) >= 11 is 6.67. The molecule has 0 aliphatic carbocycles. The maximum absolute atomic E-state index is 13.2. The maximum atomic E-state index is 13.2. The molecule has 2 heterocycles. The molecule has 1 aromatic heterocycles. The van der Waals surface area contributed by atoms with E-state index in [-0.39, 0.29) is 45.3 Å². The first-order valence-electron chi connectivity index (χ1n) is 9.88. The highest BCUT2D eigenvalue weighted by atomic mass is 35.5. The Kier molecular flexibility index (Phi) is 6.95. The van der Waals surface area contributed by atoms with E-state index in [0.717, 1.165) is 6.26 Å². The monoisotopic (exact) mass is 471 g/mol. The Labute approximate surface area is 186 Å². The molecule has 2 N–H and O–H groups in total. The Morgan fingerprint density at radius 3 is 2.68 bits per heavy atom. The van der Waals surface area contributed by atoms with Gasteiger partial charge in [-0.1, -0.05) is 25.4 Å². The number of ether oxygens (including phenoxy) is 2. The molecule has 1 aliphatic rings. The molecule has 31 heavy (non-hydrogen) atoms. The zero-order chi connectivity index (χ0) is 22.9. The van der Waals surface area contributed by atoms with Crippen molar-refractivity contribution in [3.63, 3.8) is 0 Å². The summed E-state index contributed by atoms with van der Waals surface area (Å²) in [6.07, 6.45) is 1.41. The van der Waals surface area contributed by atoms with Gasteiger partial charge in [-0.25, -0.2) is 13.5 Å². The number of carbonyl (C=O) groups is 1. The fraction of sp³-hybridized carbons (Fsp3) is 0.500. The zero-order valence-corrected chi connectivity index (χ0v) is 19.4. The van der Waals surface area contributed by atoms with E-state index in [1.54, 1.807) is 11.8 Å². The van der Waals surface area contributed by atoms with Crippen LogP contribution < -0.4 is 4.90 Å². The average Bonchev–Trinajstić information content (AvgIpc) is 3.12. The minimum absolute atomic E-state index is 0.00721. The number of halogens is 1. The van der Waals surface area contributed by atoms with Crippen molar-refractivity contribution in [2.75, 3.05) is 31.4 Å². The molecule has 11 heteroatoms. The summed E-state index contributed by atoms with van der Waals surface area (Å²) in [6, 6.07) is 2.73. The molecule has 1 aliphatic heterocycles. The number of aromatic amines is 1. The summed E-state index contributed by atoms with van der Waals surface area (Å²) in [4.78, 5) is 15.0. The number of methoxy groups -OCH3 is 1. The van der Waals surface area contributed by atoms with Crippen LogP contribution >= 0.6 is 11.6 Å². The molecule has 1 saturated heterocycles. The van der Waals surface area contributed by atoms with Gasteiger partial charge in [0, 0.05) is 25.5 Å². The fourth-order valence-electron chi connectivity index (χ4n) is 3.65. The highest BCUT2D eigenvalue weighted by Gasteiger charge is 2.33. The van der Waals surface area contributed by atoms with Gasteiger partial charge >= 0.3 is 0 Å². The third kappa shape index (κ3) is 4.57. The standard InChI is InChI=1S/C20H26ClN3O6S/c1-5-11-9-24(10-15(29-3)30-11)18-14(31(4,27)28)8-7-12(17(18)21)19(25)16-13(6-2)22-23-20(16)26/h7-8,11,15H,5-6,9-10H2,1-4H3,(H2,22,23,26). The van der Waals surface area contributed by atoms with E-state index in [9.17, 15) is 18.3 Å². The fourth-order valence-corrected chi connectivity index (χ4v) is 4.98. The first-order valence-corrected chi connectivity index (χ1v) is 12.2. The van der Waals surface area contributed by atoms with Gasteiger partial charge in [0.2, 0.25) is 11.7 Å². The summed E-state index contributed by atoms with van der Waals surface area (Å²) in [7, 11) is -2.15. The van der Waals surface area contributed by atoms with Gasteiger partial charge < -0.3 is 19.5 Å². The van der Waals surface area contributed by atoms with Crippen molar-refractivity contribution >= 4 is 32.9 Å². The number of carbonyl (C=O) groups excluding carboxylic acids is 1. The Hall–Kier alpha value is -2.14. The third-order valence-electron chi connectivity index (χ3n) is 5.28. The number of benzene rings is 1. The first-order chi connectivity index (χ1) is 14.6. The Bertz CT molecular complexity index is 1070. The summed E-state index contributed by atoms with van der Waals surface area (Å²) in [5.41, 5.74) is 0.707. The predicted octanol–water partition coefficient (Wildman–Crippen LogP) is 2.55. The molecule has 2 atom stereocenters. The quantitative estimate of drug-likeness (QED) is 0.591. The van der Waals surface area contributed by atoms with Gasteiger partial charge in [0.1, 0.15) is 5.56 Å². The summed E-state index contributed by atoms with van der Waals surface area (Å²) in [6.45, 7) is 4.38. The lowest BCUT2D eigenvalue weighted by atomic mass is 10.0. The Balaban J connectivity index is 2.17. The van der Waals surface area contributed by atoms with Crippen LogP contribution in [0.15, 0.2) is 17.0 Å². The molecule has 0 bridgehead atoms. The van der Waals surface area contributed by atoms with Crippen LogP contribution in [-0.2, 0) is 25.7 Å². The molecule has 2 aromatic rings. The number of ketones is 1. The summed E-state index contributed by atoms with van der Waals surface area (Å²) < 4.78 is 36.2. The minimum atomic E-state index is -3.66. The van der Waals surface area contributed by atoms with E-state index in [1.807, 2.05) is 6.92 Å². The number of hydrogen-bond donors (Lipinski definition) is 2. The second kappa shape index (κ2) is 9.15. The van der Waals surface area contributed by atoms with Crippen molar-refractivity contribution in [3.8, 4) is 5.88 Å². The smallest absolute Gasteiger partial charge is 0.218 e. The number of sulfone groups is 1. The van der Waals surface area contributed by atoms with Gasteiger partial charge in [-0.05, 0) is 25.0 Å². The normalized spacial score (nSPS) is 19.6. The van der Waals surface area contributed by atoms with Gasteiger partial charge in [-0.15, -0.1) is 0 Å². The average molecular weight is 472 g/mol. The van der Waals surface area contributed by atoms with E-state index >= 15 is 0 Å². The SMILES string of the molecule is CCc1n[nH]c(O)c1C(=O)c1ccc(S(C)(=O)=O)c(N2CC(CC)OC(OC)C2)c1Cl. The van der Waals surface area contributed by atoms with Crippen molar-refractivity contribution in [2.24, 2.45) is 0 Å². The predicted molar refractivity (Wildman–Crippen MR) is 116 cm³/mol. The van der Waals surface area contributed by atoms with Crippen LogP contribution in [0.5, 0.6) is 5.88 Å². The van der Waals surface area contributed by atoms with Gasteiger partial charge in [-0.2, -0.15) is 5.10 Å². The van der Waals surface area contributed by atoms with Crippen LogP contribution in [0.4, 0.5) is 5.69 Å². The van der Waals surface area contributed by atoms with Crippen LogP contribution in [0.25, 0.3) is 0 Å². The van der Waals surface area contributed by atoms with Gasteiger partial charge in [0.15, 0.2) is 16.1 Å². The molecule has 170 valence electrons. The van der Waals surface area contributed by atoms with Crippen LogP contribution in [0, 0.1) is 0 Å². The molecule has 1 aromatic carbocycles. The number of aryl methyl sites for hydroxylation is 1. The third-order valence-corrected chi connectivity index (χ3v) is 6.79. The lowest BCUT2D eigenvalue weighted by Gasteiger charge is -2.39. The van der Waals surface area contributed by atoms with E-state index < -0.39 is 21.9 Å². The van der Waals surface area contributed by atoms with Crippen LogP contribution in [0.3, 0.4) is 0 Å². The highest BCUT2D eigenvalue weighted by molar-refractivity contribution is 7.90. The van der Waals surface area contributed by atoms with Crippen molar-refractivity contribution < 1.29 is 27.8 Å². The topological polar surface area (TPSA) is 122 Å². The molecule has 1 fully saturated rings. The lowest BCUT2D eigenvalue weighted by Crippen LogP contribution is -2.48. The van der Waals surface area contributed by atoms with Crippen molar-refractivity contribution in [1.82, 2.24) is 10.2 Å². The van der Waals surface area contributed by atoms with Crippen LogP contribution in [0.1, 0.15) is 41.9 Å². The maximum Gasteiger partial charge on any atom is 0.218 e. The molecule has 0 amide bonds. The van der Waals surface area contributed by atoms with Gasteiger partial charge in [-0.3, -0.25) is 4.79 Å². The van der Waals surface area contributed by atoms with Crippen molar-refractivity contribution in [2.45, 2.75) is 44.0 Å². The van der Waals surface area contributed by atoms with Crippen LogP contribution in [-0.4, -0.2) is 68.4 Å². The highest BCUT2D eigenvalue weighted by Crippen LogP contribution is 2.39. The number of H-pyrrole nitrogens is 1. The van der Waals surface area contributed by atoms with E-state index in [1.165, 1.54) is 19.2 Å². The van der Waals surface area contributed by atoms with Crippen molar-refractivity contribution in [3.05, 3.63) is 34.0 Å². The van der Waals surface area contributed by atoms with E-state index in [0.29, 0.717) is 25.1 Å². The number of anilines is 1. The molecule has 0 spiro atoms. The van der Waals surface area contributed by atoms with Crippen LogP contribution in [0.2, 0.25) is 5.02 Å². The first kappa shape index (κ1) is 23.5. The molecule has 3 rings (SSSR count). The largest absolute Gasteiger partial charge is 0.493 e. The van der Waals surface area contributed by atoms with E-state index in [2.05, 4.69) is 10.2 Å². The number of nitrogens with zero attached hydrogens (tertiary/aromatic N) is 2. The molecule has 0 radical (unpaired) electrons. The molecular weight excluding hydrogens is 446 g/mol. The molecule has 9 nitrogen and oxygen atoms in total. The van der Waals surface area contributed by atoms with Crippen molar-refractivity contribution in [1.29, 1.82) is 0 Å². The molecule has 2 unspecified atom stereocenters. The van der Waals surface area contributed by atoms with E-state index in [4.69, 9.17) is 21.1 Å². The number of nitrogens with one attached hydrogen (secondary N) is 1. The minimum Gasteiger partial charge on any atom is -0.493 e. The molecular formula is C20H26ClN3O6S. The second-order valence-electron chi connectivity index (χ2n) is 7.36. The number of hydrogen-bond acceptors (Lipinski definition) is 8. The Morgan fingerprint density at radius 1 is 1.39 bits per heavy atom. The summed E-state index contributed by atoms with van der Waals surface area (Å²) in [5.74, 6) is -0.901. The number of aromatic nitrogens is 2. The van der Waals surface area contributed by atoms with Gasteiger partial charge in [0.05, 0.1) is 33.9 Å². The zero-order valence-electron chi connectivity index (χ0n) is 17.8. The lowest BCUT2D eigenvalue weighted by molar-refractivity contribution is -0.162. The number of aromatic hydroxyl groups is 1. The Morgan fingerprint density at radius 2 is 2.10 bits per heavy atom. The molecule has 0 saturated carbocycles. The summed E-state index contributed by atoms with van der Waals surface area (Å²) in [5, 5.41) is 16.4. The van der Waals surface area contributed by atoms with Gasteiger partial charge in [0.25, 0.3) is 0 Å².